The maximum atomic E-state index is 13.1. The van der Waals surface area contributed by atoms with Gasteiger partial charge in [-0.05, 0) is 48.8 Å². The fraction of sp³-hybridized carbons (Fsp3) is 0.269. The molecule has 2 heterocycles. The van der Waals surface area contributed by atoms with Gasteiger partial charge in [0.2, 0.25) is 0 Å². The predicted octanol–water partition coefficient (Wildman–Crippen LogP) is 2.34. The number of benzene rings is 3. The van der Waals surface area contributed by atoms with Crippen LogP contribution in [0.4, 0.5) is 5.69 Å². The van der Waals surface area contributed by atoms with Crippen LogP contribution >= 0.6 is 12.2 Å². The number of piperazine rings is 1. The first kappa shape index (κ1) is 21.6. The first-order chi connectivity index (χ1) is 16.0. The van der Waals surface area contributed by atoms with Gasteiger partial charge in [0.15, 0.2) is 5.11 Å². The molecule has 5 rings (SSSR count). The van der Waals surface area contributed by atoms with Gasteiger partial charge < -0.3 is 15.1 Å². The zero-order valence-corrected chi connectivity index (χ0v) is 19.5. The highest BCUT2D eigenvalue weighted by atomic mass is 32.1. The molecule has 33 heavy (non-hydrogen) atoms. The number of rotatable bonds is 4. The number of hydrogen-bond acceptors (Lipinski definition) is 3. The molecule has 2 aliphatic heterocycles. The maximum Gasteiger partial charge on any atom is 0.261 e. The van der Waals surface area contributed by atoms with Crippen molar-refractivity contribution < 1.29 is 14.5 Å². The molecule has 168 valence electrons. The van der Waals surface area contributed by atoms with Crippen LogP contribution in [0.3, 0.4) is 0 Å². The summed E-state index contributed by atoms with van der Waals surface area (Å²) in [6.45, 7) is 6.74. The van der Waals surface area contributed by atoms with E-state index in [0.717, 1.165) is 54.3 Å². The van der Waals surface area contributed by atoms with E-state index in [0.29, 0.717) is 17.7 Å². The second-order valence-corrected chi connectivity index (χ2v) is 9.14. The Kier molecular flexibility index (Phi) is 5.83. The van der Waals surface area contributed by atoms with E-state index < -0.39 is 0 Å². The molecular formula is C26H27N4O2S+. The van der Waals surface area contributed by atoms with E-state index in [-0.39, 0.29) is 11.8 Å². The van der Waals surface area contributed by atoms with Crippen molar-refractivity contribution in [1.82, 2.24) is 9.80 Å². The molecule has 2 N–H and O–H groups in total. The molecule has 3 aromatic carbocycles. The monoisotopic (exact) mass is 459 g/mol. The summed E-state index contributed by atoms with van der Waals surface area (Å²) in [4.78, 5) is 31.2. The van der Waals surface area contributed by atoms with Crippen LogP contribution < -0.4 is 10.2 Å². The summed E-state index contributed by atoms with van der Waals surface area (Å²) < 4.78 is 0. The van der Waals surface area contributed by atoms with Gasteiger partial charge in [0.1, 0.15) is 0 Å². The van der Waals surface area contributed by atoms with E-state index in [4.69, 9.17) is 12.2 Å². The highest BCUT2D eigenvalue weighted by Crippen LogP contribution is 2.29. The second kappa shape index (κ2) is 8.92. The van der Waals surface area contributed by atoms with Crippen molar-refractivity contribution in [3.8, 4) is 0 Å². The van der Waals surface area contributed by atoms with Crippen LogP contribution in [0.25, 0.3) is 10.8 Å². The van der Waals surface area contributed by atoms with Crippen LogP contribution in [-0.4, -0.2) is 66.0 Å². The lowest BCUT2D eigenvalue weighted by atomic mass is 9.94. The number of aryl methyl sites for hydroxylation is 1. The molecule has 0 saturated carbocycles. The number of carbonyl (C=O) groups is 2. The largest absolute Gasteiger partial charge is 0.338 e. The third-order valence-electron chi connectivity index (χ3n) is 6.61. The summed E-state index contributed by atoms with van der Waals surface area (Å²) in [6, 6.07) is 19.5. The Morgan fingerprint density at radius 2 is 1.55 bits per heavy atom. The molecule has 0 atom stereocenters. The Hall–Kier alpha value is -3.29. The van der Waals surface area contributed by atoms with E-state index in [1.807, 2.05) is 48.5 Å². The first-order valence-electron chi connectivity index (χ1n) is 11.4. The van der Waals surface area contributed by atoms with Gasteiger partial charge in [-0.15, -0.1) is 0 Å². The van der Waals surface area contributed by atoms with Gasteiger partial charge in [-0.2, -0.15) is 0 Å². The number of hydrogen-bond donors (Lipinski definition) is 2. The molecule has 2 aliphatic rings. The minimum atomic E-state index is -0.189. The number of thiocarbonyl (C=S) groups is 1. The van der Waals surface area contributed by atoms with Gasteiger partial charge in [-0.25, -0.2) is 0 Å². The van der Waals surface area contributed by atoms with Crippen LogP contribution in [0.5, 0.6) is 0 Å². The van der Waals surface area contributed by atoms with Crippen LogP contribution in [-0.2, 0) is 0 Å². The fourth-order valence-electron chi connectivity index (χ4n) is 4.67. The molecule has 0 unspecified atom stereocenters. The molecule has 7 heteroatoms. The third kappa shape index (κ3) is 4.21. The molecule has 2 amide bonds. The Labute approximate surface area is 198 Å². The van der Waals surface area contributed by atoms with Crippen LogP contribution in [0, 0.1) is 6.92 Å². The van der Waals surface area contributed by atoms with Gasteiger partial charge in [-0.1, -0.05) is 42.0 Å². The van der Waals surface area contributed by atoms with E-state index in [1.165, 1.54) is 15.4 Å². The number of imide groups is 1. The minimum absolute atomic E-state index is 0.189. The van der Waals surface area contributed by atoms with Crippen molar-refractivity contribution in [3.05, 3.63) is 77.4 Å². The molecular weight excluding hydrogens is 432 g/mol. The topological polar surface area (TPSA) is 57.1 Å². The van der Waals surface area contributed by atoms with Crippen LogP contribution in [0.15, 0.2) is 60.7 Å². The van der Waals surface area contributed by atoms with Gasteiger partial charge in [-0.3, -0.25) is 14.5 Å². The third-order valence-corrected chi connectivity index (χ3v) is 6.97. The zero-order chi connectivity index (χ0) is 22.9. The molecule has 0 aromatic heterocycles. The summed E-state index contributed by atoms with van der Waals surface area (Å²) in [6.07, 6.45) is 0. The number of amides is 2. The van der Waals surface area contributed by atoms with Gasteiger partial charge in [0.05, 0.1) is 39.3 Å². The smallest absolute Gasteiger partial charge is 0.261 e. The Bertz CT molecular complexity index is 1180. The van der Waals surface area contributed by atoms with Crippen molar-refractivity contribution in [2.45, 2.75) is 6.92 Å². The van der Waals surface area contributed by atoms with Crippen LogP contribution in [0.2, 0.25) is 0 Å². The van der Waals surface area contributed by atoms with Gasteiger partial charge in [0.25, 0.3) is 11.8 Å². The van der Waals surface area contributed by atoms with E-state index >= 15 is 0 Å². The van der Waals surface area contributed by atoms with Crippen LogP contribution in [0.1, 0.15) is 26.3 Å². The lowest BCUT2D eigenvalue weighted by molar-refractivity contribution is -0.903. The number of nitrogens with zero attached hydrogens (tertiary/aromatic N) is 2. The molecule has 1 saturated heterocycles. The average Bonchev–Trinajstić information content (AvgIpc) is 2.84. The Morgan fingerprint density at radius 3 is 2.15 bits per heavy atom. The van der Waals surface area contributed by atoms with Crippen molar-refractivity contribution in [2.24, 2.45) is 0 Å². The van der Waals surface area contributed by atoms with Gasteiger partial charge in [0, 0.05) is 22.2 Å². The number of anilines is 1. The molecule has 1 fully saturated rings. The predicted molar refractivity (Wildman–Crippen MR) is 134 cm³/mol. The van der Waals surface area contributed by atoms with Gasteiger partial charge >= 0.3 is 0 Å². The SMILES string of the molecule is Cc1ccc(NC(=S)N2CC[NH+](CCN3C(=O)c4cccc5cccc(c45)C3=O)CC2)cc1. The molecule has 0 radical (unpaired) electrons. The number of nitrogens with one attached hydrogen (secondary N) is 2. The minimum Gasteiger partial charge on any atom is -0.338 e. The number of quaternary nitrogens is 1. The van der Waals surface area contributed by atoms with Crippen molar-refractivity contribution in [3.63, 3.8) is 0 Å². The fourth-order valence-corrected chi connectivity index (χ4v) is 4.97. The van der Waals surface area contributed by atoms with E-state index in [9.17, 15) is 9.59 Å². The summed E-state index contributed by atoms with van der Waals surface area (Å²) in [5.41, 5.74) is 3.46. The Morgan fingerprint density at radius 1 is 0.939 bits per heavy atom. The highest BCUT2D eigenvalue weighted by molar-refractivity contribution is 7.80. The highest BCUT2D eigenvalue weighted by Gasteiger charge is 2.33. The lowest BCUT2D eigenvalue weighted by Crippen LogP contribution is -3.15. The van der Waals surface area contributed by atoms with Crippen molar-refractivity contribution in [2.75, 3.05) is 44.6 Å². The molecule has 6 nitrogen and oxygen atoms in total. The quantitative estimate of drug-likeness (QED) is 0.463. The summed E-state index contributed by atoms with van der Waals surface area (Å²) in [7, 11) is 0. The lowest BCUT2D eigenvalue weighted by Gasteiger charge is -2.35. The zero-order valence-electron chi connectivity index (χ0n) is 18.6. The Balaban J connectivity index is 1.18. The molecule has 0 aliphatic carbocycles. The summed E-state index contributed by atoms with van der Waals surface area (Å²) in [5, 5.41) is 5.77. The maximum absolute atomic E-state index is 13.1. The molecule has 3 aromatic rings. The normalized spacial score (nSPS) is 16.4. The average molecular weight is 460 g/mol. The summed E-state index contributed by atoms with van der Waals surface area (Å²) in [5.74, 6) is -0.378. The van der Waals surface area contributed by atoms with E-state index in [1.54, 1.807) is 0 Å². The molecule has 0 bridgehead atoms. The number of carbonyl (C=O) groups excluding carboxylic acids is 2. The van der Waals surface area contributed by atoms with E-state index in [2.05, 4.69) is 29.3 Å². The standard InChI is InChI=1S/C26H26N4O2S/c1-18-8-10-20(11-9-18)27-26(33)29-15-12-28(13-16-29)14-17-30-24(31)21-6-2-4-19-5-3-7-22(23(19)21)25(30)32/h2-11H,12-17H2,1H3,(H,27,33)/p+1. The van der Waals surface area contributed by atoms with Crippen molar-refractivity contribution in [1.29, 1.82) is 0 Å². The summed E-state index contributed by atoms with van der Waals surface area (Å²) >= 11 is 5.60. The first-order valence-corrected chi connectivity index (χ1v) is 11.8. The second-order valence-electron chi connectivity index (χ2n) is 8.75. The molecule has 0 spiro atoms. The van der Waals surface area contributed by atoms with Crippen molar-refractivity contribution >= 4 is 45.6 Å².